The molecule has 0 amide bonds. The third-order valence-corrected chi connectivity index (χ3v) is 5.01. The van der Waals surface area contributed by atoms with E-state index in [9.17, 15) is 8.42 Å². The van der Waals surface area contributed by atoms with Crippen LogP contribution in [0.1, 0.15) is 5.56 Å². The minimum atomic E-state index is -3.72. The van der Waals surface area contributed by atoms with Gasteiger partial charge in [0.15, 0.2) is 0 Å². The van der Waals surface area contributed by atoms with Gasteiger partial charge in [0.2, 0.25) is 10.0 Å². The van der Waals surface area contributed by atoms with Crippen LogP contribution < -0.4 is 14.2 Å². The summed E-state index contributed by atoms with van der Waals surface area (Å²) in [5.74, 6) is 0.978. The molecule has 2 aromatic rings. The first-order chi connectivity index (χ1) is 11.0. The lowest BCUT2D eigenvalue weighted by atomic mass is 10.1. The Balaban J connectivity index is 2.12. The number of hydrogen-bond donors (Lipinski definition) is 1. The highest BCUT2D eigenvalue weighted by atomic mass is 35.5. The van der Waals surface area contributed by atoms with Crippen molar-refractivity contribution < 1.29 is 17.9 Å². The topological polar surface area (TPSA) is 64.6 Å². The molecule has 0 saturated heterocycles. The number of benzene rings is 2. The van der Waals surface area contributed by atoms with E-state index in [1.807, 2.05) is 24.3 Å². The molecular weight excluding hydrogens is 338 g/mol. The number of methoxy groups -OCH3 is 2. The molecule has 1 N–H and O–H groups in total. The molecule has 2 rings (SSSR count). The highest BCUT2D eigenvalue weighted by molar-refractivity contribution is 7.89. The van der Waals surface area contributed by atoms with Crippen LogP contribution in [0.5, 0.6) is 11.5 Å². The van der Waals surface area contributed by atoms with Crippen molar-refractivity contribution in [3.63, 3.8) is 0 Å². The smallest absolute Gasteiger partial charge is 0.244 e. The number of para-hydroxylation sites is 1. The van der Waals surface area contributed by atoms with E-state index in [2.05, 4.69) is 4.72 Å². The van der Waals surface area contributed by atoms with Crippen molar-refractivity contribution in [2.75, 3.05) is 20.8 Å². The van der Waals surface area contributed by atoms with Crippen molar-refractivity contribution in [3.8, 4) is 11.5 Å². The van der Waals surface area contributed by atoms with Gasteiger partial charge < -0.3 is 9.47 Å². The number of nitrogens with one attached hydrogen (secondary N) is 1. The van der Waals surface area contributed by atoms with Crippen molar-refractivity contribution in [1.29, 1.82) is 0 Å². The van der Waals surface area contributed by atoms with Crippen LogP contribution in [0.25, 0.3) is 0 Å². The van der Waals surface area contributed by atoms with Gasteiger partial charge in [-0.3, -0.25) is 0 Å². The summed E-state index contributed by atoms with van der Waals surface area (Å²) in [5.41, 5.74) is 0.927. The first-order valence-corrected chi connectivity index (χ1v) is 8.79. The molecule has 2 aromatic carbocycles. The van der Waals surface area contributed by atoms with E-state index >= 15 is 0 Å². The summed E-state index contributed by atoms with van der Waals surface area (Å²) in [7, 11) is -0.719. The molecule has 0 aromatic heterocycles. The molecule has 0 fully saturated rings. The Morgan fingerprint density at radius 1 is 1.04 bits per heavy atom. The second-order valence-electron chi connectivity index (χ2n) is 4.75. The molecule has 124 valence electrons. The third-order valence-electron chi connectivity index (χ3n) is 3.29. The molecule has 0 saturated carbocycles. The number of sulfonamides is 1. The van der Waals surface area contributed by atoms with Crippen LogP contribution >= 0.6 is 11.6 Å². The van der Waals surface area contributed by atoms with E-state index < -0.39 is 10.0 Å². The molecule has 0 bridgehead atoms. The van der Waals surface area contributed by atoms with Gasteiger partial charge in [0.25, 0.3) is 0 Å². The van der Waals surface area contributed by atoms with Crippen LogP contribution in [0.2, 0.25) is 5.02 Å². The highest BCUT2D eigenvalue weighted by Crippen LogP contribution is 2.27. The molecule has 7 heteroatoms. The summed E-state index contributed by atoms with van der Waals surface area (Å²) in [6.45, 7) is 0.234. The fraction of sp³-hybridized carbons (Fsp3) is 0.250. The van der Waals surface area contributed by atoms with E-state index in [0.717, 1.165) is 11.3 Å². The molecule has 0 aliphatic rings. The zero-order valence-electron chi connectivity index (χ0n) is 12.9. The maximum atomic E-state index is 12.4. The molecule has 0 aliphatic carbocycles. The maximum absolute atomic E-state index is 12.4. The number of ether oxygens (including phenoxy) is 2. The molecule has 5 nitrogen and oxygen atoms in total. The molecule has 23 heavy (non-hydrogen) atoms. The van der Waals surface area contributed by atoms with Crippen LogP contribution in [0, 0.1) is 0 Å². The normalized spacial score (nSPS) is 11.3. The summed E-state index contributed by atoms with van der Waals surface area (Å²) in [6, 6.07) is 11.9. The van der Waals surface area contributed by atoms with Crippen LogP contribution in [0.15, 0.2) is 47.4 Å². The van der Waals surface area contributed by atoms with E-state index in [4.69, 9.17) is 21.1 Å². The van der Waals surface area contributed by atoms with Crippen LogP contribution in [-0.2, 0) is 16.4 Å². The largest absolute Gasteiger partial charge is 0.496 e. The molecule has 0 heterocycles. The van der Waals surface area contributed by atoms with Crippen LogP contribution in [0.4, 0.5) is 0 Å². The second-order valence-corrected chi connectivity index (χ2v) is 6.93. The lowest BCUT2D eigenvalue weighted by molar-refractivity contribution is 0.402. The maximum Gasteiger partial charge on any atom is 0.244 e. The highest BCUT2D eigenvalue weighted by Gasteiger charge is 2.19. The summed E-state index contributed by atoms with van der Waals surface area (Å²) >= 11 is 5.89. The Morgan fingerprint density at radius 2 is 1.74 bits per heavy atom. The number of hydrogen-bond acceptors (Lipinski definition) is 4. The van der Waals surface area contributed by atoms with E-state index in [0.29, 0.717) is 11.4 Å². The predicted octanol–water partition coefficient (Wildman–Crippen LogP) is 2.88. The van der Waals surface area contributed by atoms with Gasteiger partial charge in [-0.15, -0.1) is 0 Å². The van der Waals surface area contributed by atoms with Gasteiger partial charge in [0, 0.05) is 11.6 Å². The summed E-state index contributed by atoms with van der Waals surface area (Å²) in [4.78, 5) is 0.0209. The zero-order chi connectivity index (χ0) is 16.9. The van der Waals surface area contributed by atoms with Gasteiger partial charge in [0.05, 0.1) is 14.2 Å². The van der Waals surface area contributed by atoms with Gasteiger partial charge in [0.1, 0.15) is 16.4 Å². The molecular formula is C16H18ClNO4S. The average molecular weight is 356 g/mol. The van der Waals surface area contributed by atoms with E-state index in [1.165, 1.54) is 19.2 Å². The van der Waals surface area contributed by atoms with Gasteiger partial charge in [-0.2, -0.15) is 0 Å². The number of halogens is 1. The summed E-state index contributed by atoms with van der Waals surface area (Å²) in [6.07, 6.45) is 0.506. The standard InChI is InChI=1S/C16H18ClNO4S/c1-21-14-6-4-3-5-12(14)9-10-18-23(19,20)16-11-13(17)7-8-15(16)22-2/h3-8,11,18H,9-10H2,1-2H3. The predicted molar refractivity (Wildman–Crippen MR) is 89.9 cm³/mol. The van der Waals surface area contributed by atoms with Crippen molar-refractivity contribution in [2.45, 2.75) is 11.3 Å². The SMILES string of the molecule is COc1ccccc1CCNS(=O)(=O)c1cc(Cl)ccc1OC. The van der Waals surface area contributed by atoms with Gasteiger partial charge in [-0.25, -0.2) is 13.1 Å². The van der Waals surface area contributed by atoms with Crippen molar-refractivity contribution >= 4 is 21.6 Å². The van der Waals surface area contributed by atoms with Gasteiger partial charge in [-0.05, 0) is 36.2 Å². The fourth-order valence-corrected chi connectivity index (χ4v) is 3.63. The molecule has 0 unspecified atom stereocenters. The quantitative estimate of drug-likeness (QED) is 0.829. The molecule has 0 atom stereocenters. The zero-order valence-corrected chi connectivity index (χ0v) is 14.4. The monoisotopic (exact) mass is 355 g/mol. The Morgan fingerprint density at radius 3 is 2.43 bits per heavy atom. The fourth-order valence-electron chi connectivity index (χ4n) is 2.17. The molecule has 0 spiro atoms. The lowest BCUT2D eigenvalue weighted by Crippen LogP contribution is -2.26. The van der Waals surface area contributed by atoms with Gasteiger partial charge >= 0.3 is 0 Å². The van der Waals surface area contributed by atoms with Crippen molar-refractivity contribution in [3.05, 3.63) is 53.1 Å². The second kappa shape index (κ2) is 7.68. The summed E-state index contributed by atoms with van der Waals surface area (Å²) < 4.78 is 37.8. The first kappa shape index (κ1) is 17.6. The van der Waals surface area contributed by atoms with Crippen molar-refractivity contribution in [2.24, 2.45) is 0 Å². The Labute approximate surface area is 141 Å². The Bertz CT molecular complexity index is 777. The Hall–Kier alpha value is -1.76. The Kier molecular flexibility index (Phi) is 5.87. The summed E-state index contributed by atoms with van der Waals surface area (Å²) in [5, 5.41) is 0.330. The third kappa shape index (κ3) is 4.37. The lowest BCUT2D eigenvalue weighted by Gasteiger charge is -2.12. The van der Waals surface area contributed by atoms with Crippen LogP contribution in [0.3, 0.4) is 0 Å². The van der Waals surface area contributed by atoms with Gasteiger partial charge in [-0.1, -0.05) is 29.8 Å². The molecule has 0 aliphatic heterocycles. The minimum absolute atomic E-state index is 0.0209. The average Bonchev–Trinajstić information content (AvgIpc) is 2.55. The molecule has 0 radical (unpaired) electrons. The minimum Gasteiger partial charge on any atom is -0.496 e. The van der Waals surface area contributed by atoms with Crippen molar-refractivity contribution in [1.82, 2.24) is 4.72 Å². The number of rotatable bonds is 7. The first-order valence-electron chi connectivity index (χ1n) is 6.93. The van der Waals surface area contributed by atoms with E-state index in [1.54, 1.807) is 13.2 Å². The van der Waals surface area contributed by atoms with Crippen LogP contribution in [-0.4, -0.2) is 29.2 Å². The van der Waals surface area contributed by atoms with E-state index in [-0.39, 0.29) is 17.2 Å².